The molecule has 1 unspecified atom stereocenters. The number of aliphatic hydroxyl groups is 1. The van der Waals surface area contributed by atoms with E-state index in [1.807, 2.05) is 24.3 Å². The van der Waals surface area contributed by atoms with Crippen molar-refractivity contribution >= 4 is 11.9 Å². The molecule has 0 heterocycles. The molecular formula is C23H38N4O3. The third kappa shape index (κ3) is 9.96. The van der Waals surface area contributed by atoms with E-state index < -0.39 is 0 Å². The fourth-order valence-corrected chi connectivity index (χ4v) is 3.20. The van der Waals surface area contributed by atoms with E-state index in [2.05, 4.69) is 34.8 Å². The molecule has 1 aromatic rings. The summed E-state index contributed by atoms with van der Waals surface area (Å²) < 4.78 is 5.55. The summed E-state index contributed by atoms with van der Waals surface area (Å²) in [6.45, 7) is 6.81. The van der Waals surface area contributed by atoms with Crippen LogP contribution in [-0.2, 0) is 11.2 Å². The van der Waals surface area contributed by atoms with Gasteiger partial charge in [0, 0.05) is 32.3 Å². The lowest BCUT2D eigenvalue weighted by Crippen LogP contribution is -2.38. The quantitative estimate of drug-likeness (QED) is 0.275. The highest BCUT2D eigenvalue weighted by Gasteiger charge is 2.23. The number of benzene rings is 1. The number of ether oxygens (including phenoxy) is 1. The number of guanidine groups is 1. The van der Waals surface area contributed by atoms with Crippen molar-refractivity contribution in [3.8, 4) is 5.75 Å². The zero-order chi connectivity index (χ0) is 21.6. The minimum Gasteiger partial charge on any atom is -0.484 e. The van der Waals surface area contributed by atoms with Crippen molar-refractivity contribution in [1.29, 1.82) is 0 Å². The molecule has 1 aliphatic carbocycles. The second-order valence-corrected chi connectivity index (χ2v) is 7.84. The van der Waals surface area contributed by atoms with Crippen LogP contribution in [0.3, 0.4) is 0 Å². The number of aliphatic hydroxyl groups excluding tert-OH is 1. The second kappa shape index (κ2) is 13.9. The Labute approximate surface area is 180 Å². The van der Waals surface area contributed by atoms with Crippen molar-refractivity contribution in [2.75, 3.05) is 32.8 Å². The number of amides is 1. The number of carbonyl (C=O) groups excluding carboxylic acids is 1. The van der Waals surface area contributed by atoms with Crippen LogP contribution in [0.2, 0.25) is 0 Å². The van der Waals surface area contributed by atoms with Crippen molar-refractivity contribution in [2.45, 2.75) is 58.4 Å². The maximum absolute atomic E-state index is 11.7. The molecule has 7 nitrogen and oxygen atoms in total. The number of nitrogens with one attached hydrogen (secondary N) is 3. The van der Waals surface area contributed by atoms with Gasteiger partial charge in [-0.25, -0.2) is 0 Å². The van der Waals surface area contributed by atoms with Gasteiger partial charge in [0.05, 0.1) is 0 Å². The van der Waals surface area contributed by atoms with E-state index in [0.717, 1.165) is 64.1 Å². The first-order chi connectivity index (χ1) is 14.6. The van der Waals surface area contributed by atoms with Crippen molar-refractivity contribution < 1.29 is 14.6 Å². The lowest BCUT2D eigenvalue weighted by atomic mass is 10.0. The van der Waals surface area contributed by atoms with Crippen LogP contribution in [0.4, 0.5) is 0 Å². The summed E-state index contributed by atoms with van der Waals surface area (Å²) in [4.78, 5) is 16.4. The summed E-state index contributed by atoms with van der Waals surface area (Å²) >= 11 is 0. The summed E-state index contributed by atoms with van der Waals surface area (Å²) in [6.07, 6.45) is 6.01. The second-order valence-electron chi connectivity index (χ2n) is 7.84. The van der Waals surface area contributed by atoms with Crippen LogP contribution in [0.5, 0.6) is 5.75 Å². The molecule has 0 aromatic heterocycles. The van der Waals surface area contributed by atoms with Crippen molar-refractivity contribution in [2.24, 2.45) is 10.9 Å². The molecule has 0 radical (unpaired) electrons. The predicted octanol–water partition coefficient (Wildman–Crippen LogP) is 2.24. The van der Waals surface area contributed by atoms with Crippen LogP contribution in [0.1, 0.15) is 51.5 Å². The average Bonchev–Trinajstić information content (AvgIpc) is 3.55. The van der Waals surface area contributed by atoms with Gasteiger partial charge in [0.2, 0.25) is 0 Å². The highest BCUT2D eigenvalue weighted by atomic mass is 16.5. The van der Waals surface area contributed by atoms with Crippen LogP contribution < -0.4 is 20.7 Å². The minimum absolute atomic E-state index is 0.0545. The molecule has 30 heavy (non-hydrogen) atoms. The average molecular weight is 419 g/mol. The summed E-state index contributed by atoms with van der Waals surface area (Å²) in [7, 11) is 0. The zero-order valence-corrected chi connectivity index (χ0v) is 18.5. The molecule has 0 aliphatic heterocycles. The van der Waals surface area contributed by atoms with Crippen molar-refractivity contribution in [1.82, 2.24) is 16.0 Å². The number of hydrogen-bond acceptors (Lipinski definition) is 4. The van der Waals surface area contributed by atoms with E-state index >= 15 is 0 Å². The lowest BCUT2D eigenvalue weighted by molar-refractivity contribution is -0.123. The molecule has 1 saturated carbocycles. The van der Waals surface area contributed by atoms with Gasteiger partial charge in [-0.05, 0) is 62.6 Å². The molecular weight excluding hydrogens is 380 g/mol. The third-order valence-electron chi connectivity index (χ3n) is 5.03. The third-order valence-corrected chi connectivity index (χ3v) is 5.03. The van der Waals surface area contributed by atoms with E-state index in [-0.39, 0.29) is 19.1 Å². The number of carbonyl (C=O) groups is 1. The van der Waals surface area contributed by atoms with Gasteiger partial charge in [0.25, 0.3) is 5.91 Å². The number of hydrogen-bond donors (Lipinski definition) is 4. The van der Waals surface area contributed by atoms with Crippen LogP contribution in [0, 0.1) is 5.92 Å². The molecule has 1 amide bonds. The van der Waals surface area contributed by atoms with Gasteiger partial charge < -0.3 is 25.8 Å². The van der Waals surface area contributed by atoms with Crippen LogP contribution in [-0.4, -0.2) is 55.9 Å². The first kappa shape index (κ1) is 24.0. The SMILES string of the molecule is CCCC(CCO)CN=C(NCC)NCCc1ccc(OCC(=O)NC2CC2)cc1. The Morgan fingerprint density at radius 2 is 1.97 bits per heavy atom. The molecule has 1 fully saturated rings. The Bertz CT molecular complexity index is 638. The normalized spacial score (nSPS) is 14.8. The van der Waals surface area contributed by atoms with Gasteiger partial charge >= 0.3 is 0 Å². The maximum Gasteiger partial charge on any atom is 0.258 e. The Balaban J connectivity index is 1.72. The van der Waals surface area contributed by atoms with Gasteiger partial charge in [-0.1, -0.05) is 25.5 Å². The number of rotatable bonds is 14. The van der Waals surface area contributed by atoms with Crippen LogP contribution >= 0.6 is 0 Å². The summed E-state index contributed by atoms with van der Waals surface area (Å²) in [5, 5.41) is 18.8. The zero-order valence-electron chi connectivity index (χ0n) is 18.5. The van der Waals surface area contributed by atoms with E-state index in [9.17, 15) is 9.90 Å². The molecule has 168 valence electrons. The highest BCUT2D eigenvalue weighted by Crippen LogP contribution is 2.18. The van der Waals surface area contributed by atoms with E-state index in [1.54, 1.807) is 0 Å². The first-order valence-corrected chi connectivity index (χ1v) is 11.3. The topological polar surface area (TPSA) is 95.0 Å². The standard InChI is InChI=1S/C23H38N4O3/c1-3-5-19(13-15-28)16-26-23(24-4-2)25-14-12-18-6-10-21(11-7-18)30-17-22(29)27-20-8-9-20/h6-7,10-11,19-20,28H,3-5,8-9,12-17H2,1-2H3,(H,27,29)(H2,24,25,26). The van der Waals surface area contributed by atoms with Crippen molar-refractivity contribution in [3.63, 3.8) is 0 Å². The molecule has 0 saturated heterocycles. The maximum atomic E-state index is 11.7. The van der Waals surface area contributed by atoms with Gasteiger partial charge in [-0.2, -0.15) is 0 Å². The summed E-state index contributed by atoms with van der Waals surface area (Å²) in [5.74, 6) is 1.90. The van der Waals surface area contributed by atoms with E-state index in [4.69, 9.17) is 4.74 Å². The van der Waals surface area contributed by atoms with Gasteiger partial charge in [0.1, 0.15) is 5.75 Å². The molecule has 1 atom stereocenters. The van der Waals surface area contributed by atoms with E-state index in [1.165, 1.54) is 5.56 Å². The fraction of sp³-hybridized carbons (Fsp3) is 0.652. The largest absolute Gasteiger partial charge is 0.484 e. The summed E-state index contributed by atoms with van der Waals surface area (Å²) in [6, 6.07) is 8.22. The van der Waals surface area contributed by atoms with Crippen LogP contribution in [0.15, 0.2) is 29.3 Å². The van der Waals surface area contributed by atoms with E-state index in [0.29, 0.717) is 17.7 Å². The molecule has 1 aromatic carbocycles. The van der Waals surface area contributed by atoms with Crippen LogP contribution in [0.25, 0.3) is 0 Å². The Morgan fingerprint density at radius 1 is 1.20 bits per heavy atom. The predicted molar refractivity (Wildman–Crippen MR) is 121 cm³/mol. The minimum atomic E-state index is -0.0545. The molecule has 1 aliphatic rings. The highest BCUT2D eigenvalue weighted by molar-refractivity contribution is 5.79. The van der Waals surface area contributed by atoms with Gasteiger partial charge in [-0.15, -0.1) is 0 Å². The fourth-order valence-electron chi connectivity index (χ4n) is 3.20. The Kier molecular flexibility index (Phi) is 11.1. The monoisotopic (exact) mass is 418 g/mol. The lowest BCUT2D eigenvalue weighted by Gasteiger charge is -2.15. The smallest absolute Gasteiger partial charge is 0.258 e. The molecule has 0 spiro atoms. The Morgan fingerprint density at radius 3 is 2.60 bits per heavy atom. The first-order valence-electron chi connectivity index (χ1n) is 11.3. The Hall–Kier alpha value is -2.28. The number of nitrogens with zero attached hydrogens (tertiary/aromatic N) is 1. The molecule has 7 heteroatoms. The molecule has 2 rings (SSSR count). The van der Waals surface area contributed by atoms with Gasteiger partial charge in [0.15, 0.2) is 12.6 Å². The molecule has 0 bridgehead atoms. The molecule has 4 N–H and O–H groups in total. The van der Waals surface area contributed by atoms with Crippen molar-refractivity contribution in [3.05, 3.63) is 29.8 Å². The van der Waals surface area contributed by atoms with Gasteiger partial charge in [-0.3, -0.25) is 9.79 Å². The number of aliphatic imine (C=N–C) groups is 1. The summed E-state index contributed by atoms with van der Waals surface area (Å²) in [5.41, 5.74) is 1.19.